The van der Waals surface area contributed by atoms with Crippen molar-refractivity contribution in [3.63, 3.8) is 0 Å². The van der Waals surface area contributed by atoms with Gasteiger partial charge in [-0.15, -0.1) is 0 Å². The van der Waals surface area contributed by atoms with Gasteiger partial charge in [-0.05, 0) is 48.5 Å². The van der Waals surface area contributed by atoms with Gasteiger partial charge in [0.05, 0.1) is 22.5 Å². The van der Waals surface area contributed by atoms with Crippen LogP contribution in [0, 0.1) is 0 Å². The Bertz CT molecular complexity index is 1080. The molecule has 2 heterocycles. The second kappa shape index (κ2) is 6.94. The van der Waals surface area contributed by atoms with E-state index in [1.54, 1.807) is 36.5 Å². The molecule has 0 atom stereocenters. The molecule has 0 unspecified atom stereocenters. The van der Waals surface area contributed by atoms with Gasteiger partial charge < -0.3 is 5.32 Å². The minimum atomic E-state index is -0.205. The lowest BCUT2D eigenvalue weighted by Gasteiger charge is -2.10. The Kier molecular flexibility index (Phi) is 4.33. The van der Waals surface area contributed by atoms with Gasteiger partial charge in [0.25, 0.3) is 5.91 Å². The zero-order chi connectivity index (χ0) is 17.9. The first-order valence-electron chi connectivity index (χ1n) is 8.09. The van der Waals surface area contributed by atoms with Crippen molar-refractivity contribution in [3.8, 4) is 11.4 Å². The first-order chi connectivity index (χ1) is 12.7. The highest BCUT2D eigenvalue weighted by Gasteiger charge is 2.14. The molecule has 0 radical (unpaired) electrons. The summed E-state index contributed by atoms with van der Waals surface area (Å²) in [6.07, 6.45) is 1.71. The fourth-order valence-corrected chi connectivity index (χ4v) is 2.87. The summed E-state index contributed by atoms with van der Waals surface area (Å²) in [6, 6.07) is 22.0. The largest absolute Gasteiger partial charge is 0.322 e. The molecule has 0 aliphatic carbocycles. The smallest absolute Gasteiger partial charge is 0.256 e. The number of nitrogens with one attached hydrogen (secondary N) is 1. The third-order valence-corrected chi connectivity index (χ3v) is 4.24. The predicted octanol–water partition coefficient (Wildman–Crippen LogP) is 5.20. The molecule has 0 spiro atoms. The topological polar surface area (TPSA) is 54.9 Å². The Labute approximate surface area is 155 Å². The van der Waals surface area contributed by atoms with Gasteiger partial charge in [-0.1, -0.05) is 35.9 Å². The number of rotatable bonds is 3. The molecule has 0 saturated heterocycles. The summed E-state index contributed by atoms with van der Waals surface area (Å²) in [6.45, 7) is 0. The molecule has 4 nitrogen and oxygen atoms in total. The van der Waals surface area contributed by atoms with Crippen LogP contribution in [0.25, 0.3) is 22.3 Å². The molecule has 0 bridgehead atoms. The molecule has 5 heteroatoms. The Hall–Kier alpha value is -3.24. The summed E-state index contributed by atoms with van der Waals surface area (Å²) in [5, 5.41) is 4.32. The number of aromatic nitrogens is 2. The lowest BCUT2D eigenvalue weighted by molar-refractivity contribution is 0.102. The fraction of sp³-hybridized carbons (Fsp3) is 0. The Morgan fingerprint density at radius 2 is 1.65 bits per heavy atom. The quantitative estimate of drug-likeness (QED) is 0.546. The van der Waals surface area contributed by atoms with Crippen molar-refractivity contribution in [2.24, 2.45) is 0 Å². The third-order valence-electron chi connectivity index (χ3n) is 3.99. The van der Waals surface area contributed by atoms with Crippen molar-refractivity contribution in [2.75, 3.05) is 5.32 Å². The number of carbonyl (C=O) groups excluding carboxylic acids is 1. The Balaban J connectivity index is 1.79. The molecular weight excluding hydrogens is 346 g/mol. The Morgan fingerprint density at radius 3 is 2.42 bits per heavy atom. The molecule has 2 aromatic carbocycles. The lowest BCUT2D eigenvalue weighted by atomic mass is 10.1. The summed E-state index contributed by atoms with van der Waals surface area (Å²) in [4.78, 5) is 21.9. The predicted molar refractivity (Wildman–Crippen MR) is 104 cm³/mol. The molecular formula is C21H14ClN3O. The minimum Gasteiger partial charge on any atom is -0.322 e. The first kappa shape index (κ1) is 16.2. The number of para-hydroxylation sites is 1. The maximum atomic E-state index is 12.9. The van der Waals surface area contributed by atoms with E-state index in [0.29, 0.717) is 22.0 Å². The molecule has 0 fully saturated rings. The SMILES string of the molecule is O=C(Nc1ccc(Cl)cc1)c1cc(-c2ccccn2)nc2ccccc12. The molecule has 4 rings (SSSR count). The van der Waals surface area contributed by atoms with E-state index in [4.69, 9.17) is 11.6 Å². The van der Waals surface area contributed by atoms with Crippen LogP contribution in [0.15, 0.2) is 79.0 Å². The number of hydrogen-bond donors (Lipinski definition) is 1. The van der Waals surface area contributed by atoms with Crippen LogP contribution in [-0.2, 0) is 0 Å². The number of hydrogen-bond acceptors (Lipinski definition) is 3. The van der Waals surface area contributed by atoms with E-state index < -0.39 is 0 Å². The van der Waals surface area contributed by atoms with Crippen molar-refractivity contribution < 1.29 is 4.79 Å². The molecule has 1 N–H and O–H groups in total. The number of carbonyl (C=O) groups is 1. The van der Waals surface area contributed by atoms with E-state index in [1.807, 2.05) is 42.5 Å². The summed E-state index contributed by atoms with van der Waals surface area (Å²) >= 11 is 5.90. The van der Waals surface area contributed by atoms with Gasteiger partial charge in [0.1, 0.15) is 0 Å². The van der Waals surface area contributed by atoms with Crippen LogP contribution in [0.1, 0.15) is 10.4 Å². The summed E-state index contributed by atoms with van der Waals surface area (Å²) < 4.78 is 0. The summed E-state index contributed by atoms with van der Waals surface area (Å²) in [5.41, 5.74) is 3.35. The van der Waals surface area contributed by atoms with E-state index >= 15 is 0 Å². The van der Waals surface area contributed by atoms with Gasteiger partial charge in [-0.3, -0.25) is 9.78 Å². The standard InChI is InChI=1S/C21H14ClN3O/c22-14-8-10-15(11-9-14)24-21(26)17-13-20(19-7-3-4-12-23-19)25-18-6-2-1-5-16(17)18/h1-13H,(H,24,26). The van der Waals surface area contributed by atoms with Crippen LogP contribution in [0.5, 0.6) is 0 Å². The number of pyridine rings is 2. The molecule has 0 saturated carbocycles. The number of nitrogens with zero attached hydrogens (tertiary/aromatic N) is 2. The number of halogens is 1. The second-order valence-corrected chi connectivity index (χ2v) is 6.18. The van der Waals surface area contributed by atoms with Crippen LogP contribution in [0.4, 0.5) is 5.69 Å². The van der Waals surface area contributed by atoms with E-state index in [1.165, 1.54) is 0 Å². The van der Waals surface area contributed by atoms with Crippen LogP contribution < -0.4 is 5.32 Å². The van der Waals surface area contributed by atoms with E-state index in [-0.39, 0.29) is 5.91 Å². The minimum absolute atomic E-state index is 0.205. The van der Waals surface area contributed by atoms with E-state index in [2.05, 4.69) is 15.3 Å². The number of amides is 1. The Morgan fingerprint density at radius 1 is 0.885 bits per heavy atom. The van der Waals surface area contributed by atoms with Crippen molar-refractivity contribution >= 4 is 34.1 Å². The second-order valence-electron chi connectivity index (χ2n) is 5.75. The molecule has 0 aliphatic rings. The fourth-order valence-electron chi connectivity index (χ4n) is 2.74. The average Bonchev–Trinajstić information content (AvgIpc) is 2.69. The van der Waals surface area contributed by atoms with Crippen molar-refractivity contribution in [1.82, 2.24) is 9.97 Å². The zero-order valence-electron chi connectivity index (χ0n) is 13.7. The van der Waals surface area contributed by atoms with Gasteiger partial charge in [0, 0.05) is 22.3 Å². The highest BCUT2D eigenvalue weighted by molar-refractivity contribution is 6.30. The van der Waals surface area contributed by atoms with Crippen LogP contribution in [0.2, 0.25) is 5.02 Å². The molecule has 0 aliphatic heterocycles. The highest BCUT2D eigenvalue weighted by Crippen LogP contribution is 2.24. The number of benzene rings is 2. The van der Waals surface area contributed by atoms with Crippen molar-refractivity contribution in [3.05, 3.63) is 89.6 Å². The molecule has 26 heavy (non-hydrogen) atoms. The van der Waals surface area contributed by atoms with Gasteiger partial charge in [0.15, 0.2) is 0 Å². The maximum Gasteiger partial charge on any atom is 0.256 e. The third kappa shape index (κ3) is 3.27. The van der Waals surface area contributed by atoms with E-state index in [9.17, 15) is 4.79 Å². The number of anilines is 1. The summed E-state index contributed by atoms with van der Waals surface area (Å²) in [7, 11) is 0. The van der Waals surface area contributed by atoms with Gasteiger partial charge >= 0.3 is 0 Å². The maximum absolute atomic E-state index is 12.9. The van der Waals surface area contributed by atoms with Crippen LogP contribution in [0.3, 0.4) is 0 Å². The monoisotopic (exact) mass is 359 g/mol. The molecule has 1 amide bonds. The van der Waals surface area contributed by atoms with Crippen molar-refractivity contribution in [1.29, 1.82) is 0 Å². The number of fused-ring (bicyclic) bond motifs is 1. The molecule has 2 aromatic heterocycles. The van der Waals surface area contributed by atoms with Crippen molar-refractivity contribution in [2.45, 2.75) is 0 Å². The van der Waals surface area contributed by atoms with E-state index in [0.717, 1.165) is 16.6 Å². The highest BCUT2D eigenvalue weighted by atomic mass is 35.5. The van der Waals surface area contributed by atoms with Gasteiger partial charge in [-0.2, -0.15) is 0 Å². The first-order valence-corrected chi connectivity index (χ1v) is 8.46. The van der Waals surface area contributed by atoms with Gasteiger partial charge in [-0.25, -0.2) is 4.98 Å². The van der Waals surface area contributed by atoms with Crippen LogP contribution >= 0.6 is 11.6 Å². The van der Waals surface area contributed by atoms with Gasteiger partial charge in [0.2, 0.25) is 0 Å². The zero-order valence-corrected chi connectivity index (χ0v) is 14.4. The van der Waals surface area contributed by atoms with Crippen LogP contribution in [-0.4, -0.2) is 15.9 Å². The average molecular weight is 360 g/mol. The molecule has 4 aromatic rings. The lowest BCUT2D eigenvalue weighted by Crippen LogP contribution is -2.13. The molecule has 126 valence electrons. The summed E-state index contributed by atoms with van der Waals surface area (Å²) in [5.74, 6) is -0.205. The normalized spacial score (nSPS) is 10.7.